The number of carbonyl (C=O) groups excluding carboxylic acids is 1. The molecule has 1 aromatic carbocycles. The SMILES string of the molecule is CC[C@H](SC)C(=O)N1CCN(Cc2nc3ccccc3[nH]2)CC1. The van der Waals surface area contributed by atoms with Gasteiger partial charge in [-0.3, -0.25) is 9.69 Å². The van der Waals surface area contributed by atoms with Gasteiger partial charge >= 0.3 is 0 Å². The number of aromatic amines is 1. The molecule has 1 aliphatic heterocycles. The van der Waals surface area contributed by atoms with Crippen LogP contribution < -0.4 is 0 Å². The molecular formula is C17H24N4OS. The summed E-state index contributed by atoms with van der Waals surface area (Å²) in [6.45, 7) is 6.35. The molecule has 0 saturated carbocycles. The third-order valence-corrected chi connectivity index (χ3v) is 5.53. The van der Waals surface area contributed by atoms with E-state index in [4.69, 9.17) is 0 Å². The zero-order valence-corrected chi connectivity index (χ0v) is 14.6. The van der Waals surface area contributed by atoms with Crippen LogP contribution in [0.3, 0.4) is 0 Å². The molecule has 0 spiro atoms. The Labute approximate surface area is 141 Å². The molecule has 124 valence electrons. The van der Waals surface area contributed by atoms with Gasteiger partial charge in [0.05, 0.1) is 22.8 Å². The molecule has 1 aromatic heterocycles. The molecule has 0 radical (unpaired) electrons. The number of rotatable bonds is 5. The van der Waals surface area contributed by atoms with Crippen LogP contribution in [0.1, 0.15) is 19.2 Å². The highest BCUT2D eigenvalue weighted by Crippen LogP contribution is 2.17. The normalized spacial score (nSPS) is 17.6. The van der Waals surface area contributed by atoms with Crippen LogP contribution in [0.25, 0.3) is 11.0 Å². The van der Waals surface area contributed by atoms with Crippen LogP contribution >= 0.6 is 11.8 Å². The van der Waals surface area contributed by atoms with Crippen LogP contribution in [0, 0.1) is 0 Å². The molecule has 1 aliphatic rings. The Bertz CT molecular complexity index is 626. The largest absolute Gasteiger partial charge is 0.341 e. The average Bonchev–Trinajstić information content (AvgIpc) is 2.98. The first kappa shape index (κ1) is 16.3. The van der Waals surface area contributed by atoms with E-state index in [1.54, 1.807) is 11.8 Å². The maximum atomic E-state index is 12.4. The van der Waals surface area contributed by atoms with Gasteiger partial charge in [-0.15, -0.1) is 0 Å². The number of hydrogen-bond acceptors (Lipinski definition) is 4. The van der Waals surface area contributed by atoms with Crippen molar-refractivity contribution in [1.82, 2.24) is 19.8 Å². The predicted molar refractivity (Wildman–Crippen MR) is 95.5 cm³/mol. The summed E-state index contributed by atoms with van der Waals surface area (Å²) in [4.78, 5) is 24.8. The maximum absolute atomic E-state index is 12.4. The standard InChI is InChI=1S/C17H24N4OS/c1-3-15(23-2)17(22)21-10-8-20(9-11-21)12-16-18-13-6-4-5-7-14(13)19-16/h4-7,15H,3,8-12H2,1-2H3,(H,18,19)/t15-/m0/s1. The fourth-order valence-electron chi connectivity index (χ4n) is 3.06. The Morgan fingerprint density at radius 3 is 2.70 bits per heavy atom. The summed E-state index contributed by atoms with van der Waals surface area (Å²) in [6, 6.07) is 8.10. The average molecular weight is 332 g/mol. The van der Waals surface area contributed by atoms with E-state index in [0.29, 0.717) is 5.91 Å². The van der Waals surface area contributed by atoms with Crippen molar-refractivity contribution in [2.24, 2.45) is 0 Å². The number of aromatic nitrogens is 2. The van der Waals surface area contributed by atoms with E-state index in [9.17, 15) is 4.79 Å². The Balaban J connectivity index is 1.55. The molecule has 6 heteroatoms. The molecule has 1 saturated heterocycles. The highest BCUT2D eigenvalue weighted by molar-refractivity contribution is 7.99. The Kier molecular flexibility index (Phi) is 5.23. The van der Waals surface area contributed by atoms with E-state index in [0.717, 1.165) is 56.0 Å². The summed E-state index contributed by atoms with van der Waals surface area (Å²) in [5.74, 6) is 1.30. The molecular weight excluding hydrogens is 308 g/mol. The minimum atomic E-state index is 0.108. The lowest BCUT2D eigenvalue weighted by Crippen LogP contribution is -2.50. The minimum Gasteiger partial charge on any atom is -0.341 e. The summed E-state index contributed by atoms with van der Waals surface area (Å²) in [7, 11) is 0. The van der Waals surface area contributed by atoms with Crippen LogP contribution in [0.5, 0.6) is 0 Å². The van der Waals surface area contributed by atoms with E-state index in [2.05, 4.69) is 27.9 Å². The second kappa shape index (κ2) is 7.36. The van der Waals surface area contributed by atoms with Crippen molar-refractivity contribution in [2.45, 2.75) is 25.1 Å². The number of para-hydroxylation sites is 2. The predicted octanol–water partition coefficient (Wildman–Crippen LogP) is 2.35. The van der Waals surface area contributed by atoms with Gasteiger partial charge in [-0.05, 0) is 24.8 Å². The van der Waals surface area contributed by atoms with Crippen molar-refractivity contribution < 1.29 is 4.79 Å². The van der Waals surface area contributed by atoms with E-state index >= 15 is 0 Å². The van der Waals surface area contributed by atoms with Crippen molar-refractivity contribution in [1.29, 1.82) is 0 Å². The van der Waals surface area contributed by atoms with Crippen molar-refractivity contribution in [3.8, 4) is 0 Å². The Hall–Kier alpha value is -1.53. The number of hydrogen-bond donors (Lipinski definition) is 1. The van der Waals surface area contributed by atoms with Gasteiger partial charge in [-0.2, -0.15) is 11.8 Å². The molecule has 5 nitrogen and oxygen atoms in total. The number of carbonyl (C=O) groups is 1. The number of fused-ring (bicyclic) bond motifs is 1. The summed E-state index contributed by atoms with van der Waals surface area (Å²) < 4.78 is 0. The van der Waals surface area contributed by atoms with Gasteiger partial charge < -0.3 is 9.88 Å². The molecule has 3 rings (SSSR count). The van der Waals surface area contributed by atoms with Crippen molar-refractivity contribution in [3.63, 3.8) is 0 Å². The molecule has 2 heterocycles. The zero-order chi connectivity index (χ0) is 16.2. The minimum absolute atomic E-state index is 0.108. The Morgan fingerprint density at radius 2 is 2.04 bits per heavy atom. The monoisotopic (exact) mass is 332 g/mol. The van der Waals surface area contributed by atoms with Crippen LogP contribution in [-0.2, 0) is 11.3 Å². The van der Waals surface area contributed by atoms with Gasteiger partial charge in [0, 0.05) is 26.2 Å². The third-order valence-electron chi connectivity index (χ3n) is 4.43. The number of nitrogens with zero attached hydrogens (tertiary/aromatic N) is 3. The fourth-order valence-corrected chi connectivity index (χ4v) is 3.75. The number of H-pyrrole nitrogens is 1. The quantitative estimate of drug-likeness (QED) is 0.913. The summed E-state index contributed by atoms with van der Waals surface area (Å²) in [5, 5.41) is 0.108. The van der Waals surface area contributed by atoms with Gasteiger partial charge in [-0.1, -0.05) is 19.1 Å². The summed E-state index contributed by atoms with van der Waals surface area (Å²) >= 11 is 1.66. The molecule has 23 heavy (non-hydrogen) atoms. The second-order valence-corrected chi connectivity index (χ2v) is 6.98. The van der Waals surface area contributed by atoms with Gasteiger partial charge in [0.25, 0.3) is 0 Å². The summed E-state index contributed by atoms with van der Waals surface area (Å²) in [6.07, 6.45) is 2.92. The smallest absolute Gasteiger partial charge is 0.235 e. The van der Waals surface area contributed by atoms with E-state index in [-0.39, 0.29) is 5.25 Å². The zero-order valence-electron chi connectivity index (χ0n) is 13.8. The van der Waals surface area contributed by atoms with E-state index < -0.39 is 0 Å². The van der Waals surface area contributed by atoms with E-state index in [1.807, 2.05) is 29.4 Å². The lowest BCUT2D eigenvalue weighted by Gasteiger charge is -2.35. The van der Waals surface area contributed by atoms with Gasteiger partial charge in [0.15, 0.2) is 0 Å². The molecule has 2 aromatic rings. The summed E-state index contributed by atoms with van der Waals surface area (Å²) in [5.41, 5.74) is 2.10. The number of amides is 1. The Morgan fingerprint density at radius 1 is 1.30 bits per heavy atom. The van der Waals surface area contributed by atoms with Crippen molar-refractivity contribution in [2.75, 3.05) is 32.4 Å². The number of imidazole rings is 1. The number of benzene rings is 1. The first-order valence-electron chi connectivity index (χ1n) is 8.18. The second-order valence-electron chi connectivity index (χ2n) is 5.93. The van der Waals surface area contributed by atoms with Gasteiger partial charge in [-0.25, -0.2) is 4.98 Å². The molecule has 1 amide bonds. The topological polar surface area (TPSA) is 52.2 Å². The van der Waals surface area contributed by atoms with Crippen LogP contribution in [0.4, 0.5) is 0 Å². The molecule has 1 N–H and O–H groups in total. The van der Waals surface area contributed by atoms with Crippen molar-refractivity contribution >= 4 is 28.7 Å². The fraction of sp³-hybridized carbons (Fsp3) is 0.529. The number of thioether (sulfide) groups is 1. The maximum Gasteiger partial charge on any atom is 0.235 e. The molecule has 1 fully saturated rings. The number of piperazine rings is 1. The molecule has 1 atom stereocenters. The van der Waals surface area contributed by atoms with Crippen molar-refractivity contribution in [3.05, 3.63) is 30.1 Å². The first-order chi connectivity index (χ1) is 11.2. The lowest BCUT2D eigenvalue weighted by molar-refractivity contribution is -0.132. The number of nitrogens with one attached hydrogen (secondary N) is 1. The van der Waals surface area contributed by atoms with Crippen LogP contribution in [-0.4, -0.2) is 63.4 Å². The highest BCUT2D eigenvalue weighted by Gasteiger charge is 2.26. The van der Waals surface area contributed by atoms with Gasteiger partial charge in [0.1, 0.15) is 5.82 Å². The van der Waals surface area contributed by atoms with Crippen LogP contribution in [0.2, 0.25) is 0 Å². The van der Waals surface area contributed by atoms with Crippen LogP contribution in [0.15, 0.2) is 24.3 Å². The van der Waals surface area contributed by atoms with E-state index in [1.165, 1.54) is 0 Å². The third kappa shape index (κ3) is 3.70. The first-order valence-corrected chi connectivity index (χ1v) is 9.47. The molecule has 0 aliphatic carbocycles. The molecule has 0 bridgehead atoms. The molecule has 0 unspecified atom stereocenters. The lowest BCUT2D eigenvalue weighted by atomic mass is 10.2. The van der Waals surface area contributed by atoms with Gasteiger partial charge in [0.2, 0.25) is 5.91 Å². The highest BCUT2D eigenvalue weighted by atomic mass is 32.2.